The molecule has 2 N–H and O–H groups in total. The number of pyridine rings is 1. The lowest BCUT2D eigenvalue weighted by molar-refractivity contribution is -0.137. The number of hydrogen-bond donors (Lipinski definition) is 2. The molecule has 9 heteroatoms. The van der Waals surface area contributed by atoms with Gasteiger partial charge >= 0.3 is 6.18 Å². The highest BCUT2D eigenvalue weighted by Crippen LogP contribution is 2.32. The summed E-state index contributed by atoms with van der Waals surface area (Å²) in [6.45, 7) is 0.271. The van der Waals surface area contributed by atoms with E-state index in [0.29, 0.717) is 0 Å². The largest absolute Gasteiger partial charge is 0.417 e. The summed E-state index contributed by atoms with van der Waals surface area (Å²) in [5, 5.41) is 5.43. The highest BCUT2D eigenvalue weighted by molar-refractivity contribution is 6.07. The Kier molecular flexibility index (Phi) is 6.10. The van der Waals surface area contributed by atoms with E-state index >= 15 is 0 Å². The van der Waals surface area contributed by atoms with Crippen LogP contribution in [0.4, 0.5) is 29.1 Å². The predicted molar refractivity (Wildman–Crippen MR) is 103 cm³/mol. The zero-order valence-corrected chi connectivity index (χ0v) is 15.3. The molecule has 3 aromatic rings. The van der Waals surface area contributed by atoms with Crippen molar-refractivity contribution in [2.75, 3.05) is 10.6 Å². The number of amides is 1. The minimum absolute atomic E-state index is 0.0310. The molecule has 1 heterocycles. The van der Waals surface area contributed by atoms with Crippen molar-refractivity contribution in [1.29, 1.82) is 0 Å². The average Bonchev–Trinajstić information content (AvgIpc) is 2.72. The quantitative estimate of drug-likeness (QED) is 0.441. The summed E-state index contributed by atoms with van der Waals surface area (Å²) in [6, 6.07) is 11.5. The SMILES string of the molecule is O=Cc1cc(NC(=O)c2cccnc2NCc2ccc(F)cc2)ccc1C(F)(F)F. The summed E-state index contributed by atoms with van der Waals surface area (Å²) in [4.78, 5) is 27.7. The Morgan fingerprint density at radius 3 is 2.47 bits per heavy atom. The van der Waals surface area contributed by atoms with Gasteiger partial charge in [0.2, 0.25) is 0 Å². The lowest BCUT2D eigenvalue weighted by Crippen LogP contribution is -2.16. The van der Waals surface area contributed by atoms with Crippen LogP contribution in [0.3, 0.4) is 0 Å². The highest BCUT2D eigenvalue weighted by Gasteiger charge is 2.33. The van der Waals surface area contributed by atoms with Gasteiger partial charge in [-0.2, -0.15) is 13.2 Å². The van der Waals surface area contributed by atoms with Gasteiger partial charge in [0.25, 0.3) is 5.91 Å². The van der Waals surface area contributed by atoms with Crippen LogP contribution < -0.4 is 10.6 Å². The standard InChI is InChI=1S/C21H15F4N3O2/c22-15-5-3-13(4-6-15)11-27-19-17(2-1-9-26-19)20(30)28-16-7-8-18(21(23,24)25)14(10-16)12-29/h1-10,12H,11H2,(H,26,27)(H,28,30). The van der Waals surface area contributed by atoms with Crippen LogP contribution in [-0.4, -0.2) is 17.2 Å². The van der Waals surface area contributed by atoms with Gasteiger partial charge in [-0.3, -0.25) is 9.59 Å². The summed E-state index contributed by atoms with van der Waals surface area (Å²) in [5.74, 6) is -0.758. The van der Waals surface area contributed by atoms with E-state index in [1.54, 1.807) is 12.1 Å². The highest BCUT2D eigenvalue weighted by atomic mass is 19.4. The maximum absolute atomic E-state index is 13.0. The maximum Gasteiger partial charge on any atom is 0.417 e. The fraction of sp³-hybridized carbons (Fsp3) is 0.0952. The zero-order valence-electron chi connectivity index (χ0n) is 15.3. The van der Waals surface area contributed by atoms with E-state index in [-0.39, 0.29) is 35.7 Å². The summed E-state index contributed by atoms with van der Waals surface area (Å²) in [7, 11) is 0. The van der Waals surface area contributed by atoms with Gasteiger partial charge in [0.15, 0.2) is 6.29 Å². The first-order chi connectivity index (χ1) is 14.3. The molecule has 1 aromatic heterocycles. The first-order valence-electron chi connectivity index (χ1n) is 8.69. The Morgan fingerprint density at radius 1 is 1.07 bits per heavy atom. The molecule has 0 bridgehead atoms. The summed E-state index contributed by atoms with van der Waals surface area (Å²) < 4.78 is 51.7. The van der Waals surface area contributed by atoms with Gasteiger partial charge in [0, 0.05) is 24.0 Å². The van der Waals surface area contributed by atoms with Crippen LogP contribution in [0, 0.1) is 5.82 Å². The van der Waals surface area contributed by atoms with Crippen molar-refractivity contribution in [1.82, 2.24) is 4.98 Å². The molecule has 0 spiro atoms. The van der Waals surface area contributed by atoms with Gasteiger partial charge in [-0.25, -0.2) is 9.37 Å². The molecule has 0 aliphatic heterocycles. The molecule has 0 saturated carbocycles. The first kappa shape index (κ1) is 21.0. The van der Waals surface area contributed by atoms with Crippen molar-refractivity contribution >= 4 is 23.7 Å². The van der Waals surface area contributed by atoms with Gasteiger partial charge in [-0.05, 0) is 48.0 Å². The van der Waals surface area contributed by atoms with Crippen LogP contribution >= 0.6 is 0 Å². The van der Waals surface area contributed by atoms with Crippen LogP contribution in [0.15, 0.2) is 60.8 Å². The number of benzene rings is 2. The topological polar surface area (TPSA) is 71.1 Å². The Hall–Kier alpha value is -3.75. The van der Waals surface area contributed by atoms with Crippen molar-refractivity contribution < 1.29 is 27.2 Å². The lowest BCUT2D eigenvalue weighted by atomic mass is 10.1. The molecule has 0 atom stereocenters. The molecule has 30 heavy (non-hydrogen) atoms. The van der Waals surface area contributed by atoms with Crippen molar-refractivity contribution in [2.24, 2.45) is 0 Å². The zero-order chi connectivity index (χ0) is 21.7. The molecule has 154 valence electrons. The maximum atomic E-state index is 13.0. The summed E-state index contributed by atoms with van der Waals surface area (Å²) in [5.41, 5.74) is -0.734. The molecule has 3 rings (SSSR count). The van der Waals surface area contributed by atoms with Crippen LogP contribution in [-0.2, 0) is 12.7 Å². The van der Waals surface area contributed by atoms with Gasteiger partial charge < -0.3 is 10.6 Å². The van der Waals surface area contributed by atoms with Gasteiger partial charge in [0.1, 0.15) is 11.6 Å². The van der Waals surface area contributed by atoms with Gasteiger partial charge in [-0.1, -0.05) is 12.1 Å². The Bertz CT molecular complexity index is 1070. The monoisotopic (exact) mass is 417 g/mol. The van der Waals surface area contributed by atoms with Crippen LogP contribution in [0.2, 0.25) is 0 Å². The van der Waals surface area contributed by atoms with Gasteiger partial charge in [-0.15, -0.1) is 0 Å². The van der Waals surface area contributed by atoms with E-state index in [1.165, 1.54) is 30.5 Å². The van der Waals surface area contributed by atoms with Crippen LogP contribution in [0.1, 0.15) is 31.8 Å². The van der Waals surface area contributed by atoms with Crippen molar-refractivity contribution in [3.8, 4) is 0 Å². The van der Waals surface area contributed by atoms with Crippen molar-refractivity contribution in [2.45, 2.75) is 12.7 Å². The number of nitrogens with one attached hydrogen (secondary N) is 2. The Labute approximate surface area is 168 Å². The molecule has 0 unspecified atom stereocenters. The molecule has 0 saturated heterocycles. The van der Waals surface area contributed by atoms with E-state index in [4.69, 9.17) is 0 Å². The number of anilines is 2. The number of hydrogen-bond acceptors (Lipinski definition) is 4. The second-order valence-corrected chi connectivity index (χ2v) is 6.25. The number of alkyl halides is 3. The van der Waals surface area contributed by atoms with Crippen LogP contribution in [0.5, 0.6) is 0 Å². The van der Waals surface area contributed by atoms with Crippen LogP contribution in [0.25, 0.3) is 0 Å². The molecular formula is C21H15F4N3O2. The molecule has 0 fully saturated rings. The number of rotatable bonds is 6. The fourth-order valence-corrected chi connectivity index (χ4v) is 2.71. The number of carbonyl (C=O) groups excluding carboxylic acids is 2. The third-order valence-electron chi connectivity index (χ3n) is 4.17. The minimum Gasteiger partial charge on any atom is -0.365 e. The number of aldehydes is 1. The molecule has 1 amide bonds. The summed E-state index contributed by atoms with van der Waals surface area (Å²) >= 11 is 0. The first-order valence-corrected chi connectivity index (χ1v) is 8.69. The van der Waals surface area contributed by atoms with E-state index in [1.807, 2.05) is 0 Å². The third-order valence-corrected chi connectivity index (χ3v) is 4.17. The summed E-state index contributed by atoms with van der Waals surface area (Å²) in [6.07, 6.45) is -3.13. The molecule has 5 nitrogen and oxygen atoms in total. The molecular weight excluding hydrogens is 402 g/mol. The third kappa shape index (κ3) is 4.99. The second kappa shape index (κ2) is 8.73. The Morgan fingerprint density at radius 2 is 1.80 bits per heavy atom. The smallest absolute Gasteiger partial charge is 0.365 e. The number of nitrogens with zero attached hydrogens (tertiary/aromatic N) is 1. The van der Waals surface area contributed by atoms with E-state index < -0.39 is 23.2 Å². The normalized spacial score (nSPS) is 11.1. The van der Waals surface area contributed by atoms with E-state index in [9.17, 15) is 27.2 Å². The fourth-order valence-electron chi connectivity index (χ4n) is 2.71. The van der Waals surface area contributed by atoms with E-state index in [2.05, 4.69) is 15.6 Å². The van der Waals surface area contributed by atoms with Crippen molar-refractivity contribution in [3.05, 3.63) is 88.9 Å². The molecule has 0 aliphatic rings. The molecule has 0 aliphatic carbocycles. The van der Waals surface area contributed by atoms with E-state index in [0.717, 1.165) is 23.8 Å². The predicted octanol–water partition coefficient (Wildman–Crippen LogP) is 4.92. The molecule has 0 radical (unpaired) electrons. The number of carbonyl (C=O) groups is 2. The lowest BCUT2D eigenvalue weighted by Gasteiger charge is -2.13. The van der Waals surface area contributed by atoms with Gasteiger partial charge in [0.05, 0.1) is 11.1 Å². The number of aromatic nitrogens is 1. The minimum atomic E-state index is -4.68. The number of halogens is 4. The van der Waals surface area contributed by atoms with Crippen molar-refractivity contribution in [3.63, 3.8) is 0 Å². The Balaban J connectivity index is 1.77. The second-order valence-electron chi connectivity index (χ2n) is 6.25. The average molecular weight is 417 g/mol. The molecule has 2 aromatic carbocycles.